The summed E-state index contributed by atoms with van der Waals surface area (Å²) in [6.45, 7) is 9.56. The van der Waals surface area contributed by atoms with Crippen LogP contribution in [-0.2, 0) is 41.7 Å². The van der Waals surface area contributed by atoms with E-state index in [1.54, 1.807) is 55.2 Å². The topological polar surface area (TPSA) is 204 Å². The maximum absolute atomic E-state index is 13.6. The number of aliphatic hydroxyl groups excluding tert-OH is 3. The highest BCUT2D eigenvalue weighted by molar-refractivity contribution is 5.91. The number of nitrogens with zero attached hydrogens (tertiary/aromatic N) is 7. The van der Waals surface area contributed by atoms with E-state index >= 15 is 0 Å². The van der Waals surface area contributed by atoms with Crippen LogP contribution in [0.1, 0.15) is 66.0 Å². The third-order valence-corrected chi connectivity index (χ3v) is 11.1. The number of carbonyl (C=O) groups excluding carboxylic acids is 3. The molecule has 0 aliphatic carbocycles. The summed E-state index contributed by atoms with van der Waals surface area (Å²) in [6, 6.07) is 6.91. The molecule has 12 atom stereocenters. The van der Waals surface area contributed by atoms with E-state index in [4.69, 9.17) is 14.2 Å². The molecule has 0 spiro atoms. The number of allylic oxidation sites excluding steroid dienone is 3. The van der Waals surface area contributed by atoms with Crippen LogP contribution in [0.4, 0.5) is 0 Å². The molecule has 1 aromatic carbocycles. The van der Waals surface area contributed by atoms with Gasteiger partial charge in [0.25, 0.3) is 0 Å². The fourth-order valence-corrected chi connectivity index (χ4v) is 7.83. The first kappa shape index (κ1) is 42.9. The lowest BCUT2D eigenvalue weighted by atomic mass is 9.79. The van der Waals surface area contributed by atoms with Crippen molar-refractivity contribution in [1.82, 2.24) is 34.9 Å². The van der Waals surface area contributed by atoms with Crippen LogP contribution in [0.3, 0.4) is 0 Å². The fourth-order valence-electron chi connectivity index (χ4n) is 7.83. The van der Waals surface area contributed by atoms with E-state index in [1.165, 1.54) is 6.08 Å². The molecule has 16 heteroatoms. The first-order valence-corrected chi connectivity index (χ1v) is 19.4. The first-order valence-electron chi connectivity index (χ1n) is 19.4. The minimum atomic E-state index is -1.29. The predicted octanol–water partition coefficient (Wildman–Crippen LogP) is 2.49. The molecular weight excluding hydrogens is 722 g/mol. The van der Waals surface area contributed by atoms with Gasteiger partial charge in [0, 0.05) is 24.2 Å². The van der Waals surface area contributed by atoms with Crippen LogP contribution in [0.25, 0.3) is 11.0 Å². The minimum Gasteiger partial charge on any atom is -0.462 e. The van der Waals surface area contributed by atoms with Crippen LogP contribution < -0.4 is 0 Å². The zero-order valence-corrected chi connectivity index (χ0v) is 33.3. The molecule has 1 fully saturated rings. The summed E-state index contributed by atoms with van der Waals surface area (Å²) in [5.74, 6) is -3.08. The third kappa shape index (κ3) is 10.4. The molecule has 3 N–H and O–H groups in total. The molecule has 4 heterocycles. The summed E-state index contributed by atoms with van der Waals surface area (Å²) in [7, 11) is 3.45. The standard InChI is InChI=1S/C40H57N7O9/c1-8-34-28(20-46-21-29(41-43-46)22-47-31-12-10-9-11-30(31)42-44-47)17-23(2)13-14-32(49)24(3)18-27(15-16-48)39(25(4)33(50)19-35(51)55-34)56-40-38(53)36(45(6)7)37(52)26(5)54-40/h9-14,16-17,21,24-28,33-34,36-40,50,52-53H,8,15,18-20,22H2,1-7H3/b14-13+,23-17+/t24-,25+,26+,27+,28-,33-,34-,36?,37?,38?,39-,40+/m1/s1. The van der Waals surface area contributed by atoms with Gasteiger partial charge in [-0.2, -0.15) is 0 Å². The van der Waals surface area contributed by atoms with Crippen LogP contribution in [-0.4, -0.2) is 131 Å². The molecule has 2 aliphatic heterocycles. The number of ether oxygens (including phenoxy) is 3. The quantitative estimate of drug-likeness (QED) is 0.200. The molecule has 0 radical (unpaired) electrons. The Morgan fingerprint density at radius 2 is 1.79 bits per heavy atom. The number of hydrogen-bond donors (Lipinski definition) is 3. The second kappa shape index (κ2) is 19.3. The largest absolute Gasteiger partial charge is 0.462 e. The van der Waals surface area contributed by atoms with Gasteiger partial charge in [-0.25, -0.2) is 4.68 Å². The molecule has 306 valence electrons. The Morgan fingerprint density at radius 1 is 1.04 bits per heavy atom. The van der Waals surface area contributed by atoms with Crippen molar-refractivity contribution in [1.29, 1.82) is 0 Å². The van der Waals surface area contributed by atoms with E-state index in [0.717, 1.165) is 22.9 Å². The Morgan fingerprint density at radius 3 is 2.50 bits per heavy atom. The number of aromatic nitrogens is 6. The van der Waals surface area contributed by atoms with Gasteiger partial charge in [-0.05, 0) is 64.9 Å². The lowest BCUT2D eigenvalue weighted by Gasteiger charge is -2.46. The van der Waals surface area contributed by atoms with E-state index in [-0.39, 0.29) is 31.0 Å². The van der Waals surface area contributed by atoms with E-state index in [2.05, 4.69) is 20.6 Å². The third-order valence-electron chi connectivity index (χ3n) is 11.1. The summed E-state index contributed by atoms with van der Waals surface area (Å²) in [5.41, 5.74) is 3.07. The Labute approximate surface area is 327 Å². The smallest absolute Gasteiger partial charge is 0.308 e. The molecule has 0 bridgehead atoms. The van der Waals surface area contributed by atoms with Crippen LogP contribution >= 0.6 is 0 Å². The molecule has 1 saturated heterocycles. The van der Waals surface area contributed by atoms with E-state index < -0.39 is 72.7 Å². The Kier molecular flexibility index (Phi) is 14.8. The molecule has 3 aromatic rings. The Bertz CT molecular complexity index is 1840. The number of carbonyl (C=O) groups is 3. The molecular formula is C40H57N7O9. The molecule has 2 aromatic heterocycles. The second-order valence-corrected chi connectivity index (χ2v) is 15.6. The van der Waals surface area contributed by atoms with Crippen molar-refractivity contribution in [3.05, 3.63) is 60.0 Å². The Balaban J connectivity index is 1.41. The number of aldehydes is 1. The molecule has 56 heavy (non-hydrogen) atoms. The molecule has 0 amide bonds. The summed E-state index contributed by atoms with van der Waals surface area (Å²) in [4.78, 5) is 40.9. The number of fused-ring (bicyclic) bond motifs is 1. The summed E-state index contributed by atoms with van der Waals surface area (Å²) in [5, 5.41) is 50.9. The van der Waals surface area contributed by atoms with Gasteiger partial charge in [0.15, 0.2) is 12.1 Å². The number of para-hydroxylation sites is 1. The number of ketones is 1. The maximum atomic E-state index is 13.6. The average molecular weight is 780 g/mol. The zero-order valence-electron chi connectivity index (χ0n) is 33.3. The minimum absolute atomic E-state index is 0.0104. The second-order valence-electron chi connectivity index (χ2n) is 15.6. The first-order chi connectivity index (χ1) is 26.7. The number of benzene rings is 1. The number of likely N-dealkylation sites (N-methyl/N-ethyl adjacent to an activating group) is 1. The number of aliphatic hydroxyl groups is 3. The predicted molar refractivity (Wildman–Crippen MR) is 205 cm³/mol. The Hall–Kier alpha value is -4.19. The van der Waals surface area contributed by atoms with Crippen molar-refractivity contribution in [2.45, 2.75) is 122 Å². The van der Waals surface area contributed by atoms with Gasteiger partial charge in [-0.15, -0.1) is 10.2 Å². The monoisotopic (exact) mass is 779 g/mol. The van der Waals surface area contributed by atoms with Crippen molar-refractivity contribution in [2.75, 3.05) is 14.1 Å². The summed E-state index contributed by atoms with van der Waals surface area (Å²) < 4.78 is 21.9. The lowest BCUT2D eigenvalue weighted by molar-refractivity contribution is -0.304. The van der Waals surface area contributed by atoms with E-state index in [0.29, 0.717) is 25.2 Å². The number of esters is 1. The van der Waals surface area contributed by atoms with Gasteiger partial charge in [-0.3, -0.25) is 14.3 Å². The molecule has 0 saturated carbocycles. The molecule has 5 rings (SSSR count). The summed E-state index contributed by atoms with van der Waals surface area (Å²) >= 11 is 0. The number of hydrogen-bond acceptors (Lipinski definition) is 14. The lowest BCUT2D eigenvalue weighted by Crippen LogP contribution is -2.63. The summed E-state index contributed by atoms with van der Waals surface area (Å²) in [6.07, 6.45) is 0.915. The van der Waals surface area contributed by atoms with Crippen molar-refractivity contribution in [3.63, 3.8) is 0 Å². The van der Waals surface area contributed by atoms with Gasteiger partial charge in [0.1, 0.15) is 29.7 Å². The van der Waals surface area contributed by atoms with Crippen molar-refractivity contribution >= 4 is 29.1 Å². The highest BCUT2D eigenvalue weighted by Gasteiger charge is 2.47. The van der Waals surface area contributed by atoms with E-state index in [1.807, 2.05) is 50.4 Å². The van der Waals surface area contributed by atoms with Crippen molar-refractivity contribution < 1.29 is 43.9 Å². The SMILES string of the molecule is CC[C@H]1OC(=O)C[C@@H](O)[C@H](C)[C@@H](O[C@@H]2O[C@@H](C)C(O)C(N(C)C)C2O)[C@@H](CC=O)C[C@@H](C)C(=O)/C=C/C(C)=C/[C@@H]1Cn1cc(Cn2nnc3ccccc32)nn1. The fraction of sp³-hybridized carbons (Fsp3) is 0.625. The molecule has 16 nitrogen and oxygen atoms in total. The highest BCUT2D eigenvalue weighted by atomic mass is 16.7. The zero-order chi connectivity index (χ0) is 40.7. The highest BCUT2D eigenvalue weighted by Crippen LogP contribution is 2.34. The maximum Gasteiger partial charge on any atom is 0.308 e. The van der Waals surface area contributed by atoms with Gasteiger partial charge >= 0.3 is 5.97 Å². The normalized spacial score (nSPS) is 34.2. The van der Waals surface area contributed by atoms with Crippen LogP contribution in [0.2, 0.25) is 0 Å². The number of cyclic esters (lactones) is 1. The molecule has 3 unspecified atom stereocenters. The van der Waals surface area contributed by atoms with Gasteiger partial charge in [0.05, 0.1) is 61.7 Å². The van der Waals surface area contributed by atoms with E-state index in [9.17, 15) is 29.7 Å². The van der Waals surface area contributed by atoms with Gasteiger partial charge < -0.3 is 39.2 Å². The molecule has 2 aliphatic rings. The number of rotatable bonds is 10. The van der Waals surface area contributed by atoms with Gasteiger partial charge in [-0.1, -0.05) is 61.1 Å². The van der Waals surface area contributed by atoms with Gasteiger partial charge in [0.2, 0.25) is 0 Å². The van der Waals surface area contributed by atoms with Crippen molar-refractivity contribution in [3.8, 4) is 0 Å². The average Bonchev–Trinajstić information content (AvgIpc) is 3.79. The van der Waals surface area contributed by atoms with Crippen LogP contribution in [0.15, 0.2) is 54.3 Å². The van der Waals surface area contributed by atoms with Crippen LogP contribution in [0.5, 0.6) is 0 Å². The van der Waals surface area contributed by atoms with Crippen molar-refractivity contribution in [2.24, 2.45) is 23.7 Å². The van der Waals surface area contributed by atoms with Crippen LogP contribution in [0, 0.1) is 23.7 Å².